The maximum absolute atomic E-state index is 10.5. The van der Waals surface area contributed by atoms with Gasteiger partial charge in [-0.1, -0.05) is 30.3 Å². The zero-order valence-corrected chi connectivity index (χ0v) is 14.7. The van der Waals surface area contributed by atoms with Gasteiger partial charge in [-0.2, -0.15) is 9.97 Å². The molecule has 5 N–H and O–H groups in total. The largest absolute Gasteiger partial charge is 0.393 e. The number of piperidine rings is 1. The number of aliphatic hydroxyl groups is 1. The topological polar surface area (TPSA) is 111 Å². The zero-order valence-electron chi connectivity index (χ0n) is 14.7. The van der Waals surface area contributed by atoms with E-state index in [2.05, 4.69) is 27.0 Å². The smallest absolute Gasteiger partial charge is 0.223 e. The Kier molecular flexibility index (Phi) is 4.42. The second-order valence-corrected chi connectivity index (χ2v) is 7.29. The van der Waals surface area contributed by atoms with Crippen molar-refractivity contribution in [3.8, 4) is 0 Å². The number of aromatic nitrogens is 2. The molecule has 1 aromatic carbocycles. The third-order valence-electron chi connectivity index (χ3n) is 5.41. The standard InChI is InChI=1S/C19H25N5O2/c20-16-11-17(23-18(21)22-16)24-8-6-19(7-9-24)12-14(25)10-15(26-19)13-4-2-1-3-5-13/h1-5,11,14-15,25H,6-10,12H2,(H4,20,21,22,23)/t14-,15-/m1/s1. The molecular formula is C19H25N5O2. The Bertz CT molecular complexity index is 742. The van der Waals surface area contributed by atoms with E-state index < -0.39 is 0 Å². The number of ether oxygens (including phenoxy) is 1. The van der Waals surface area contributed by atoms with Gasteiger partial charge in [-0.05, 0) is 18.4 Å². The van der Waals surface area contributed by atoms with Crippen molar-refractivity contribution in [3.05, 3.63) is 42.0 Å². The molecule has 2 saturated heterocycles. The van der Waals surface area contributed by atoms with Gasteiger partial charge in [0.1, 0.15) is 11.6 Å². The molecule has 4 rings (SSSR count). The molecule has 0 radical (unpaired) electrons. The maximum atomic E-state index is 10.5. The Morgan fingerprint density at radius 3 is 2.54 bits per heavy atom. The van der Waals surface area contributed by atoms with Crippen molar-refractivity contribution in [1.82, 2.24) is 9.97 Å². The molecule has 2 aliphatic rings. The molecule has 0 amide bonds. The molecule has 0 bridgehead atoms. The van der Waals surface area contributed by atoms with Gasteiger partial charge in [0.05, 0.1) is 17.8 Å². The Morgan fingerprint density at radius 1 is 1.12 bits per heavy atom. The van der Waals surface area contributed by atoms with Crippen molar-refractivity contribution < 1.29 is 9.84 Å². The Labute approximate surface area is 153 Å². The molecule has 7 heteroatoms. The second-order valence-electron chi connectivity index (χ2n) is 7.29. The van der Waals surface area contributed by atoms with E-state index in [-0.39, 0.29) is 23.8 Å². The summed E-state index contributed by atoms with van der Waals surface area (Å²) in [7, 11) is 0. The molecule has 0 unspecified atom stereocenters. The molecular weight excluding hydrogens is 330 g/mol. The van der Waals surface area contributed by atoms with Crippen LogP contribution in [-0.4, -0.2) is 39.9 Å². The number of nitrogen functional groups attached to an aromatic ring is 2. The van der Waals surface area contributed by atoms with Gasteiger partial charge in [-0.15, -0.1) is 0 Å². The summed E-state index contributed by atoms with van der Waals surface area (Å²) in [6.07, 6.45) is 2.59. The number of nitrogens with zero attached hydrogens (tertiary/aromatic N) is 3. The molecule has 2 fully saturated rings. The summed E-state index contributed by atoms with van der Waals surface area (Å²) in [6, 6.07) is 11.9. The molecule has 138 valence electrons. The SMILES string of the molecule is Nc1cc(N2CCC3(CC2)C[C@H](O)C[C@H](c2ccccc2)O3)nc(N)n1. The van der Waals surface area contributed by atoms with Crippen LogP contribution in [0.3, 0.4) is 0 Å². The Hall–Kier alpha value is -2.38. The fourth-order valence-corrected chi connectivity index (χ4v) is 4.13. The van der Waals surface area contributed by atoms with Crippen molar-refractivity contribution in [2.24, 2.45) is 0 Å². The monoisotopic (exact) mass is 355 g/mol. The molecule has 1 spiro atoms. The molecule has 2 aliphatic heterocycles. The third kappa shape index (κ3) is 3.45. The average molecular weight is 355 g/mol. The molecule has 2 atom stereocenters. The van der Waals surface area contributed by atoms with Crippen LogP contribution in [0.2, 0.25) is 0 Å². The van der Waals surface area contributed by atoms with Gasteiger partial charge >= 0.3 is 0 Å². The van der Waals surface area contributed by atoms with Crippen LogP contribution >= 0.6 is 0 Å². The fraction of sp³-hybridized carbons (Fsp3) is 0.474. The molecule has 26 heavy (non-hydrogen) atoms. The van der Waals surface area contributed by atoms with Crippen LogP contribution in [0.15, 0.2) is 36.4 Å². The summed E-state index contributed by atoms with van der Waals surface area (Å²) in [6.45, 7) is 1.56. The normalized spacial score (nSPS) is 25.3. The van der Waals surface area contributed by atoms with Crippen molar-refractivity contribution >= 4 is 17.6 Å². The van der Waals surface area contributed by atoms with Crippen LogP contribution in [0, 0.1) is 0 Å². The minimum atomic E-state index is -0.342. The van der Waals surface area contributed by atoms with Crippen molar-refractivity contribution in [3.63, 3.8) is 0 Å². The van der Waals surface area contributed by atoms with Gasteiger partial charge < -0.3 is 26.2 Å². The number of hydrogen-bond acceptors (Lipinski definition) is 7. The number of benzene rings is 1. The second kappa shape index (κ2) is 6.74. The average Bonchev–Trinajstić information content (AvgIpc) is 2.61. The third-order valence-corrected chi connectivity index (χ3v) is 5.41. The van der Waals surface area contributed by atoms with Crippen LogP contribution in [0.1, 0.15) is 37.4 Å². The van der Waals surface area contributed by atoms with E-state index in [0.29, 0.717) is 18.7 Å². The van der Waals surface area contributed by atoms with E-state index in [1.165, 1.54) is 0 Å². The number of nitrogens with two attached hydrogens (primary N) is 2. The number of rotatable bonds is 2. The minimum Gasteiger partial charge on any atom is -0.393 e. The lowest BCUT2D eigenvalue weighted by molar-refractivity contribution is -0.173. The first-order chi connectivity index (χ1) is 12.5. The lowest BCUT2D eigenvalue weighted by Crippen LogP contribution is -2.51. The highest BCUT2D eigenvalue weighted by atomic mass is 16.5. The Balaban J connectivity index is 1.48. The van der Waals surface area contributed by atoms with Crippen LogP contribution in [0.25, 0.3) is 0 Å². The first kappa shape index (κ1) is 17.1. The lowest BCUT2D eigenvalue weighted by Gasteiger charge is -2.48. The number of anilines is 3. The highest BCUT2D eigenvalue weighted by Gasteiger charge is 2.43. The summed E-state index contributed by atoms with van der Waals surface area (Å²) in [4.78, 5) is 10.4. The highest BCUT2D eigenvalue weighted by molar-refractivity contribution is 5.50. The summed E-state index contributed by atoms with van der Waals surface area (Å²) < 4.78 is 6.53. The van der Waals surface area contributed by atoms with E-state index >= 15 is 0 Å². The van der Waals surface area contributed by atoms with Crippen molar-refractivity contribution in [1.29, 1.82) is 0 Å². The summed E-state index contributed by atoms with van der Waals surface area (Å²) in [5.74, 6) is 1.32. The molecule has 2 aromatic rings. The molecule has 3 heterocycles. The first-order valence-electron chi connectivity index (χ1n) is 9.09. The van der Waals surface area contributed by atoms with Gasteiger partial charge in [0.2, 0.25) is 5.95 Å². The molecule has 0 saturated carbocycles. The van der Waals surface area contributed by atoms with Gasteiger partial charge in [-0.25, -0.2) is 0 Å². The van der Waals surface area contributed by atoms with Crippen LogP contribution in [0.5, 0.6) is 0 Å². The molecule has 1 aromatic heterocycles. The predicted octanol–water partition coefficient (Wildman–Crippen LogP) is 1.89. The maximum Gasteiger partial charge on any atom is 0.223 e. The van der Waals surface area contributed by atoms with Gasteiger partial charge in [0, 0.05) is 32.0 Å². The van der Waals surface area contributed by atoms with Gasteiger partial charge in [-0.3, -0.25) is 0 Å². The van der Waals surface area contributed by atoms with Gasteiger partial charge in [0.15, 0.2) is 0 Å². The zero-order chi connectivity index (χ0) is 18.1. The molecule has 7 nitrogen and oxygen atoms in total. The van der Waals surface area contributed by atoms with Crippen LogP contribution in [-0.2, 0) is 4.74 Å². The number of aliphatic hydroxyl groups excluding tert-OH is 1. The summed E-state index contributed by atoms with van der Waals surface area (Å²) in [5.41, 5.74) is 12.3. The van der Waals surface area contributed by atoms with E-state index in [4.69, 9.17) is 16.2 Å². The summed E-state index contributed by atoms with van der Waals surface area (Å²) in [5, 5.41) is 10.5. The van der Waals surface area contributed by atoms with E-state index in [0.717, 1.165) is 37.3 Å². The fourth-order valence-electron chi connectivity index (χ4n) is 4.13. The van der Waals surface area contributed by atoms with Gasteiger partial charge in [0.25, 0.3) is 0 Å². The van der Waals surface area contributed by atoms with E-state index in [1.54, 1.807) is 6.07 Å². The van der Waals surface area contributed by atoms with Crippen molar-refractivity contribution in [2.45, 2.75) is 43.5 Å². The minimum absolute atomic E-state index is 0.0585. The van der Waals surface area contributed by atoms with Crippen molar-refractivity contribution in [2.75, 3.05) is 29.5 Å². The highest BCUT2D eigenvalue weighted by Crippen LogP contribution is 2.43. The lowest BCUT2D eigenvalue weighted by atomic mass is 9.81. The van der Waals surface area contributed by atoms with Crippen LogP contribution in [0.4, 0.5) is 17.6 Å². The first-order valence-corrected chi connectivity index (χ1v) is 9.09. The quantitative estimate of drug-likeness (QED) is 0.754. The molecule has 0 aliphatic carbocycles. The number of hydrogen-bond donors (Lipinski definition) is 3. The van der Waals surface area contributed by atoms with E-state index in [9.17, 15) is 5.11 Å². The Morgan fingerprint density at radius 2 is 1.85 bits per heavy atom. The van der Waals surface area contributed by atoms with Crippen LogP contribution < -0.4 is 16.4 Å². The van der Waals surface area contributed by atoms with E-state index in [1.807, 2.05) is 18.2 Å². The summed E-state index contributed by atoms with van der Waals surface area (Å²) >= 11 is 0. The predicted molar refractivity (Wildman–Crippen MR) is 101 cm³/mol.